The summed E-state index contributed by atoms with van der Waals surface area (Å²) in [7, 11) is 0. The van der Waals surface area contributed by atoms with Gasteiger partial charge in [-0.15, -0.1) is 6.58 Å². The first kappa shape index (κ1) is 17.2. The Bertz CT molecular complexity index is 961. The van der Waals surface area contributed by atoms with Crippen LogP contribution in [0.5, 0.6) is 0 Å². The van der Waals surface area contributed by atoms with Gasteiger partial charge in [-0.25, -0.2) is 8.78 Å². The van der Waals surface area contributed by atoms with Gasteiger partial charge < -0.3 is 4.57 Å². The van der Waals surface area contributed by atoms with Crippen LogP contribution >= 0.6 is 11.3 Å². The predicted octanol–water partition coefficient (Wildman–Crippen LogP) is 1.74. The van der Waals surface area contributed by atoms with Gasteiger partial charge in [0, 0.05) is 25.5 Å². The molecule has 0 bridgehead atoms. The molecule has 3 amide bonds. The van der Waals surface area contributed by atoms with Gasteiger partial charge in [0.25, 0.3) is 5.91 Å². The summed E-state index contributed by atoms with van der Waals surface area (Å²) >= 11 is 0.939. The molecule has 6 nitrogen and oxygen atoms in total. The van der Waals surface area contributed by atoms with Gasteiger partial charge in [0.2, 0.25) is 11.8 Å². The Balaban J connectivity index is 2.03. The molecule has 0 aliphatic carbocycles. The molecule has 9 heteroatoms. The molecule has 130 valence electrons. The summed E-state index contributed by atoms with van der Waals surface area (Å²) < 4.78 is 29.2. The average Bonchev–Trinajstić information content (AvgIpc) is 3.02. The fourth-order valence-corrected chi connectivity index (χ4v) is 3.69. The van der Waals surface area contributed by atoms with E-state index in [2.05, 4.69) is 11.6 Å². The molecule has 3 rings (SSSR count). The van der Waals surface area contributed by atoms with E-state index in [0.29, 0.717) is 4.70 Å². The van der Waals surface area contributed by atoms with Crippen LogP contribution in [0.15, 0.2) is 29.8 Å². The molecule has 1 fully saturated rings. The van der Waals surface area contributed by atoms with Crippen LogP contribution in [-0.2, 0) is 20.9 Å². The molecule has 1 saturated heterocycles. The molecule has 0 N–H and O–H groups in total. The third-order valence-electron chi connectivity index (χ3n) is 3.68. The minimum Gasteiger partial charge on any atom is -0.310 e. The Morgan fingerprint density at radius 2 is 1.96 bits per heavy atom. The summed E-state index contributed by atoms with van der Waals surface area (Å²) in [5, 5.41) is 0. The minimum atomic E-state index is -0.771. The second-order valence-electron chi connectivity index (χ2n) is 5.40. The highest BCUT2D eigenvalue weighted by atomic mass is 32.1. The number of likely N-dealkylation sites (tertiary alicyclic amines) is 1. The van der Waals surface area contributed by atoms with Crippen molar-refractivity contribution < 1.29 is 23.2 Å². The van der Waals surface area contributed by atoms with Gasteiger partial charge in [0.1, 0.15) is 12.4 Å². The predicted molar refractivity (Wildman–Crippen MR) is 86.5 cm³/mol. The lowest BCUT2D eigenvalue weighted by molar-refractivity contribution is -0.141. The molecule has 1 aromatic carbocycles. The number of imide groups is 1. The van der Waals surface area contributed by atoms with Gasteiger partial charge in [0.15, 0.2) is 10.6 Å². The van der Waals surface area contributed by atoms with E-state index in [9.17, 15) is 23.2 Å². The molecular formula is C16H13F2N3O3S. The number of allylic oxidation sites excluding steroid dienone is 1. The van der Waals surface area contributed by atoms with Crippen molar-refractivity contribution in [2.75, 3.05) is 6.54 Å². The molecule has 0 atom stereocenters. The largest absolute Gasteiger partial charge is 0.310 e. The zero-order chi connectivity index (χ0) is 18.1. The highest BCUT2D eigenvalue weighted by molar-refractivity contribution is 7.16. The molecular weight excluding hydrogens is 352 g/mol. The molecule has 25 heavy (non-hydrogen) atoms. The number of rotatable bonds is 4. The summed E-state index contributed by atoms with van der Waals surface area (Å²) in [6.07, 6.45) is 1.65. The number of fused-ring (bicyclic) bond motifs is 1. The first-order valence-electron chi connectivity index (χ1n) is 7.40. The van der Waals surface area contributed by atoms with Gasteiger partial charge in [-0.05, 0) is 6.07 Å². The molecule has 1 aromatic heterocycles. The lowest BCUT2D eigenvalue weighted by atomic mass is 10.3. The Kier molecular flexibility index (Phi) is 4.58. The molecule has 0 spiro atoms. The van der Waals surface area contributed by atoms with E-state index < -0.39 is 35.9 Å². The quantitative estimate of drug-likeness (QED) is 0.612. The standard InChI is InChI=1S/C16H13F2N3O3S/c1-2-5-20-15-10(18)6-9(17)7-11(15)25-16(20)19-12(22)8-21-13(23)3-4-14(21)24/h2,6-7H,1,3-5,8H2. The number of carbonyl (C=O) groups is 3. The summed E-state index contributed by atoms with van der Waals surface area (Å²) in [4.78, 5) is 40.1. The number of hydrogen-bond donors (Lipinski definition) is 0. The van der Waals surface area contributed by atoms with E-state index in [1.807, 2.05) is 0 Å². The number of amides is 3. The van der Waals surface area contributed by atoms with Crippen LogP contribution in [0.2, 0.25) is 0 Å². The molecule has 2 heterocycles. The minimum absolute atomic E-state index is 0.0793. The summed E-state index contributed by atoms with van der Waals surface area (Å²) in [6.45, 7) is 3.28. The van der Waals surface area contributed by atoms with E-state index in [1.54, 1.807) is 0 Å². The molecule has 2 aromatic rings. The topological polar surface area (TPSA) is 71.7 Å². The fraction of sp³-hybridized carbons (Fsp3) is 0.250. The van der Waals surface area contributed by atoms with Crippen molar-refractivity contribution in [3.63, 3.8) is 0 Å². The lowest BCUT2D eigenvalue weighted by Crippen LogP contribution is -2.34. The van der Waals surface area contributed by atoms with Crippen LogP contribution in [0.25, 0.3) is 10.2 Å². The maximum Gasteiger partial charge on any atom is 0.268 e. The second-order valence-corrected chi connectivity index (χ2v) is 6.41. The second kappa shape index (κ2) is 6.67. The van der Waals surface area contributed by atoms with Crippen LogP contribution in [0.1, 0.15) is 12.8 Å². The first-order chi connectivity index (χ1) is 11.9. The van der Waals surface area contributed by atoms with Crippen molar-refractivity contribution in [2.24, 2.45) is 4.99 Å². The molecule has 0 radical (unpaired) electrons. The number of nitrogens with zero attached hydrogens (tertiary/aromatic N) is 3. The van der Waals surface area contributed by atoms with Crippen molar-refractivity contribution in [3.05, 3.63) is 41.2 Å². The van der Waals surface area contributed by atoms with Crippen molar-refractivity contribution in [2.45, 2.75) is 19.4 Å². The zero-order valence-corrected chi connectivity index (χ0v) is 13.8. The third-order valence-corrected chi connectivity index (χ3v) is 4.70. The lowest BCUT2D eigenvalue weighted by Gasteiger charge is -2.10. The van der Waals surface area contributed by atoms with E-state index in [0.717, 1.165) is 28.4 Å². The number of hydrogen-bond acceptors (Lipinski definition) is 4. The number of aromatic nitrogens is 1. The smallest absolute Gasteiger partial charge is 0.268 e. The van der Waals surface area contributed by atoms with Gasteiger partial charge in [-0.3, -0.25) is 19.3 Å². The zero-order valence-electron chi connectivity index (χ0n) is 13.0. The summed E-state index contributed by atoms with van der Waals surface area (Å²) in [6, 6.07) is 1.90. The Hall–Kier alpha value is -2.68. The number of benzene rings is 1. The van der Waals surface area contributed by atoms with Crippen molar-refractivity contribution in [1.82, 2.24) is 9.47 Å². The van der Waals surface area contributed by atoms with E-state index in [-0.39, 0.29) is 29.7 Å². The summed E-state index contributed by atoms with van der Waals surface area (Å²) in [5.74, 6) is -3.06. The molecule has 1 aliphatic rings. The molecule has 0 saturated carbocycles. The number of halogens is 2. The van der Waals surface area contributed by atoms with Gasteiger partial charge in [-0.1, -0.05) is 17.4 Å². The van der Waals surface area contributed by atoms with Gasteiger partial charge in [-0.2, -0.15) is 4.99 Å². The van der Waals surface area contributed by atoms with Crippen molar-refractivity contribution >= 4 is 39.3 Å². The van der Waals surface area contributed by atoms with Crippen LogP contribution in [0.4, 0.5) is 8.78 Å². The van der Waals surface area contributed by atoms with Crippen LogP contribution in [0, 0.1) is 11.6 Å². The highest BCUT2D eigenvalue weighted by Gasteiger charge is 2.30. The molecule has 0 unspecified atom stereocenters. The monoisotopic (exact) mass is 365 g/mol. The Morgan fingerprint density at radius 3 is 2.60 bits per heavy atom. The Labute approximate surface area is 144 Å². The van der Waals surface area contributed by atoms with Gasteiger partial charge >= 0.3 is 0 Å². The Morgan fingerprint density at radius 1 is 1.28 bits per heavy atom. The number of thiazole rings is 1. The van der Waals surface area contributed by atoms with E-state index in [1.165, 1.54) is 10.6 Å². The molecule has 1 aliphatic heterocycles. The van der Waals surface area contributed by atoms with Crippen LogP contribution in [0.3, 0.4) is 0 Å². The third kappa shape index (κ3) is 3.27. The normalized spacial score (nSPS) is 15.4. The average molecular weight is 365 g/mol. The first-order valence-corrected chi connectivity index (χ1v) is 8.22. The maximum absolute atomic E-state index is 14.1. The number of carbonyl (C=O) groups excluding carboxylic acids is 3. The van der Waals surface area contributed by atoms with Gasteiger partial charge in [0.05, 0.1) is 10.2 Å². The van der Waals surface area contributed by atoms with Crippen molar-refractivity contribution in [3.8, 4) is 0 Å². The van der Waals surface area contributed by atoms with Crippen LogP contribution in [-0.4, -0.2) is 33.7 Å². The summed E-state index contributed by atoms with van der Waals surface area (Å²) in [5.41, 5.74) is 0.117. The SMILES string of the molecule is C=CCn1c(=NC(=O)CN2C(=O)CCC2=O)sc2cc(F)cc(F)c21. The maximum atomic E-state index is 14.1. The van der Waals surface area contributed by atoms with Crippen molar-refractivity contribution in [1.29, 1.82) is 0 Å². The highest BCUT2D eigenvalue weighted by Crippen LogP contribution is 2.22. The fourth-order valence-electron chi connectivity index (χ4n) is 2.59. The van der Waals surface area contributed by atoms with E-state index in [4.69, 9.17) is 0 Å². The van der Waals surface area contributed by atoms with E-state index >= 15 is 0 Å². The van der Waals surface area contributed by atoms with Crippen LogP contribution < -0.4 is 4.80 Å².